The predicted octanol–water partition coefficient (Wildman–Crippen LogP) is 2.84. The van der Waals surface area contributed by atoms with Crippen molar-refractivity contribution in [3.05, 3.63) is 59.8 Å². The molecule has 0 saturated heterocycles. The molecule has 16 heavy (non-hydrogen) atoms. The van der Waals surface area contributed by atoms with Gasteiger partial charge in [-0.25, -0.2) is 4.98 Å². The zero-order valence-electron chi connectivity index (χ0n) is 9.09. The minimum Gasteiger partial charge on any atom is -0.261 e. The van der Waals surface area contributed by atoms with Crippen LogP contribution in [0, 0.1) is 6.92 Å². The molecule has 2 aromatic rings. The van der Waals surface area contributed by atoms with Crippen LogP contribution in [0.4, 0.5) is 5.82 Å². The summed E-state index contributed by atoms with van der Waals surface area (Å²) in [4.78, 5) is 4.10. The van der Waals surface area contributed by atoms with E-state index in [2.05, 4.69) is 34.6 Å². The number of benzene rings is 1. The molecule has 3 nitrogen and oxygen atoms in total. The van der Waals surface area contributed by atoms with E-state index >= 15 is 0 Å². The van der Waals surface area contributed by atoms with Crippen LogP contribution in [0.15, 0.2) is 53.8 Å². The van der Waals surface area contributed by atoms with E-state index in [1.807, 2.05) is 30.3 Å². The fraction of sp³-hybridized carbons (Fsp3) is 0.0769. The molecule has 2 rings (SSSR count). The second-order valence-corrected chi connectivity index (χ2v) is 3.50. The van der Waals surface area contributed by atoms with Crippen molar-refractivity contribution in [3.8, 4) is 0 Å². The van der Waals surface area contributed by atoms with Crippen molar-refractivity contribution < 1.29 is 0 Å². The fourth-order valence-electron chi connectivity index (χ4n) is 1.35. The van der Waals surface area contributed by atoms with Gasteiger partial charge in [-0.15, -0.1) is 0 Å². The van der Waals surface area contributed by atoms with E-state index in [4.69, 9.17) is 0 Å². The van der Waals surface area contributed by atoms with Gasteiger partial charge < -0.3 is 0 Å². The van der Waals surface area contributed by atoms with Gasteiger partial charge in [0.1, 0.15) is 5.82 Å². The lowest BCUT2D eigenvalue weighted by Gasteiger charge is -1.98. The Morgan fingerprint density at radius 1 is 1.19 bits per heavy atom. The Hall–Kier alpha value is -2.16. The highest BCUT2D eigenvalue weighted by atomic mass is 15.3. The van der Waals surface area contributed by atoms with Crippen LogP contribution in [-0.4, -0.2) is 11.2 Å². The second-order valence-electron chi connectivity index (χ2n) is 3.50. The standard InChI is InChI=1S/C13H13N3/c1-11-5-4-6-12(9-11)10-15-16-13-7-2-3-8-14-13/h2-10H,1H3,(H,14,16)/b15-10+. The summed E-state index contributed by atoms with van der Waals surface area (Å²) >= 11 is 0. The van der Waals surface area contributed by atoms with Crippen molar-refractivity contribution in [1.82, 2.24) is 4.98 Å². The van der Waals surface area contributed by atoms with Crippen molar-refractivity contribution in [1.29, 1.82) is 0 Å². The van der Waals surface area contributed by atoms with Crippen LogP contribution in [0.3, 0.4) is 0 Å². The third-order valence-electron chi connectivity index (χ3n) is 2.10. The van der Waals surface area contributed by atoms with Crippen LogP contribution in [0.1, 0.15) is 11.1 Å². The van der Waals surface area contributed by atoms with E-state index < -0.39 is 0 Å². The topological polar surface area (TPSA) is 37.3 Å². The molecule has 0 bridgehead atoms. The zero-order valence-corrected chi connectivity index (χ0v) is 9.09. The van der Waals surface area contributed by atoms with E-state index in [9.17, 15) is 0 Å². The number of hydrazone groups is 1. The minimum atomic E-state index is 0.742. The third kappa shape index (κ3) is 2.92. The Morgan fingerprint density at radius 3 is 2.88 bits per heavy atom. The number of pyridine rings is 1. The van der Waals surface area contributed by atoms with Crippen molar-refractivity contribution in [3.63, 3.8) is 0 Å². The lowest BCUT2D eigenvalue weighted by Crippen LogP contribution is -1.92. The van der Waals surface area contributed by atoms with Crippen molar-refractivity contribution in [2.45, 2.75) is 6.92 Å². The Morgan fingerprint density at radius 2 is 2.12 bits per heavy atom. The number of aryl methyl sites for hydroxylation is 1. The molecule has 0 amide bonds. The molecule has 0 atom stereocenters. The Balaban J connectivity index is 2.00. The van der Waals surface area contributed by atoms with Gasteiger partial charge in [0.15, 0.2) is 0 Å². The molecule has 80 valence electrons. The number of anilines is 1. The van der Waals surface area contributed by atoms with Crippen molar-refractivity contribution in [2.75, 3.05) is 5.43 Å². The van der Waals surface area contributed by atoms with Gasteiger partial charge in [-0.2, -0.15) is 5.10 Å². The first-order valence-electron chi connectivity index (χ1n) is 5.11. The second kappa shape index (κ2) is 5.07. The highest BCUT2D eigenvalue weighted by Gasteiger charge is 1.89. The molecule has 0 aliphatic carbocycles. The number of aromatic nitrogens is 1. The summed E-state index contributed by atoms with van der Waals surface area (Å²) in [5, 5.41) is 4.12. The molecular formula is C13H13N3. The highest BCUT2D eigenvalue weighted by Crippen LogP contribution is 2.02. The monoisotopic (exact) mass is 211 g/mol. The van der Waals surface area contributed by atoms with Crippen LogP contribution in [0.5, 0.6) is 0 Å². The van der Waals surface area contributed by atoms with Gasteiger partial charge in [-0.3, -0.25) is 5.43 Å². The molecule has 0 radical (unpaired) electrons. The van der Waals surface area contributed by atoms with E-state index in [1.165, 1.54) is 5.56 Å². The average Bonchev–Trinajstić information content (AvgIpc) is 2.30. The van der Waals surface area contributed by atoms with Crippen LogP contribution in [0.2, 0.25) is 0 Å². The minimum absolute atomic E-state index is 0.742. The normalized spacial score (nSPS) is 10.6. The molecule has 0 fully saturated rings. The summed E-state index contributed by atoms with van der Waals surface area (Å²) < 4.78 is 0. The van der Waals surface area contributed by atoms with Gasteiger partial charge in [-0.1, -0.05) is 35.9 Å². The first-order valence-corrected chi connectivity index (χ1v) is 5.11. The maximum atomic E-state index is 4.12. The number of hydrogen-bond donors (Lipinski definition) is 1. The first-order chi connectivity index (χ1) is 7.84. The molecule has 0 saturated carbocycles. The zero-order chi connectivity index (χ0) is 11.2. The molecule has 1 aromatic carbocycles. The van der Waals surface area contributed by atoms with Crippen molar-refractivity contribution >= 4 is 12.0 Å². The van der Waals surface area contributed by atoms with Gasteiger partial charge in [0.05, 0.1) is 6.21 Å². The smallest absolute Gasteiger partial charge is 0.146 e. The summed E-state index contributed by atoms with van der Waals surface area (Å²) in [6.07, 6.45) is 3.51. The fourth-order valence-corrected chi connectivity index (χ4v) is 1.35. The predicted molar refractivity (Wildman–Crippen MR) is 66.6 cm³/mol. The average molecular weight is 211 g/mol. The molecule has 1 N–H and O–H groups in total. The van der Waals surface area contributed by atoms with Gasteiger partial charge >= 0.3 is 0 Å². The molecule has 0 aliphatic rings. The Kier molecular flexibility index (Phi) is 3.28. The molecule has 3 heteroatoms. The summed E-state index contributed by atoms with van der Waals surface area (Å²) in [5.74, 6) is 0.742. The molecule has 1 heterocycles. The van der Waals surface area contributed by atoms with Crippen LogP contribution in [0.25, 0.3) is 0 Å². The van der Waals surface area contributed by atoms with Crippen LogP contribution in [-0.2, 0) is 0 Å². The number of hydrogen-bond acceptors (Lipinski definition) is 3. The number of nitrogens with one attached hydrogen (secondary N) is 1. The molecular weight excluding hydrogens is 198 g/mol. The quantitative estimate of drug-likeness (QED) is 0.626. The van der Waals surface area contributed by atoms with E-state index in [0.29, 0.717) is 0 Å². The molecule has 0 aliphatic heterocycles. The largest absolute Gasteiger partial charge is 0.261 e. The van der Waals surface area contributed by atoms with Gasteiger partial charge in [-0.05, 0) is 24.6 Å². The van der Waals surface area contributed by atoms with Crippen LogP contribution >= 0.6 is 0 Å². The summed E-state index contributed by atoms with van der Waals surface area (Å²) in [5.41, 5.74) is 5.17. The van der Waals surface area contributed by atoms with Crippen molar-refractivity contribution in [2.24, 2.45) is 5.10 Å². The summed E-state index contributed by atoms with van der Waals surface area (Å²) in [7, 11) is 0. The van der Waals surface area contributed by atoms with Gasteiger partial charge in [0, 0.05) is 6.20 Å². The van der Waals surface area contributed by atoms with Gasteiger partial charge in [0.2, 0.25) is 0 Å². The maximum Gasteiger partial charge on any atom is 0.146 e. The van der Waals surface area contributed by atoms with Crippen LogP contribution < -0.4 is 5.43 Å². The number of rotatable bonds is 3. The third-order valence-corrected chi connectivity index (χ3v) is 2.10. The lowest BCUT2D eigenvalue weighted by atomic mass is 10.2. The Labute approximate surface area is 94.9 Å². The first kappa shape index (κ1) is 10.4. The highest BCUT2D eigenvalue weighted by molar-refractivity contribution is 5.80. The van der Waals surface area contributed by atoms with E-state index in [0.717, 1.165) is 11.4 Å². The van der Waals surface area contributed by atoms with Gasteiger partial charge in [0.25, 0.3) is 0 Å². The lowest BCUT2D eigenvalue weighted by molar-refractivity contribution is 1.23. The summed E-state index contributed by atoms with van der Waals surface area (Å²) in [6.45, 7) is 2.06. The number of nitrogens with zero attached hydrogens (tertiary/aromatic N) is 2. The molecule has 0 unspecified atom stereocenters. The molecule has 0 spiro atoms. The SMILES string of the molecule is Cc1cccc(/C=N/Nc2ccccn2)c1. The maximum absolute atomic E-state index is 4.12. The van der Waals surface area contributed by atoms with E-state index in [1.54, 1.807) is 12.4 Å². The Bertz CT molecular complexity index is 478. The van der Waals surface area contributed by atoms with E-state index in [-0.39, 0.29) is 0 Å². The molecule has 1 aromatic heterocycles. The summed E-state index contributed by atoms with van der Waals surface area (Å²) in [6, 6.07) is 13.8.